The fourth-order valence-corrected chi connectivity index (χ4v) is 1.99. The predicted molar refractivity (Wildman–Crippen MR) is 76.1 cm³/mol. The largest absolute Gasteiger partial charge is 0.484 e. The Hall–Kier alpha value is -1.91. The maximum Gasteiger partial charge on any atom is 0.136 e. The van der Waals surface area contributed by atoms with Crippen LogP contribution in [0.1, 0.15) is 17.2 Å². The molecule has 2 aromatic carbocycles. The van der Waals surface area contributed by atoms with Gasteiger partial charge < -0.3 is 15.6 Å². The van der Waals surface area contributed by atoms with Crippen LogP contribution in [0.3, 0.4) is 0 Å². The molecular weight excluding hydrogens is 257 g/mol. The number of hydrogen-bond acceptors (Lipinski definition) is 3. The van der Waals surface area contributed by atoms with Crippen molar-refractivity contribution in [2.75, 3.05) is 13.2 Å². The summed E-state index contributed by atoms with van der Waals surface area (Å²) in [6, 6.07) is 13.7. The summed E-state index contributed by atoms with van der Waals surface area (Å²) in [6.45, 7) is 0.386. The third-order valence-corrected chi connectivity index (χ3v) is 3.04. The normalized spacial score (nSPS) is 12.2. The smallest absolute Gasteiger partial charge is 0.136 e. The molecule has 0 aromatic heterocycles. The highest BCUT2D eigenvalue weighted by atomic mass is 19.1. The first-order valence-corrected chi connectivity index (χ1v) is 6.55. The lowest BCUT2D eigenvalue weighted by Crippen LogP contribution is -2.18. The van der Waals surface area contributed by atoms with Crippen molar-refractivity contribution in [3.05, 3.63) is 65.5 Å². The van der Waals surface area contributed by atoms with Gasteiger partial charge in [-0.05, 0) is 41.8 Å². The van der Waals surface area contributed by atoms with Gasteiger partial charge in [-0.2, -0.15) is 0 Å². The molecule has 3 nitrogen and oxygen atoms in total. The maximum absolute atomic E-state index is 13.2. The second-order valence-corrected chi connectivity index (χ2v) is 4.51. The summed E-state index contributed by atoms with van der Waals surface area (Å²) in [4.78, 5) is 0. The molecule has 20 heavy (non-hydrogen) atoms. The Morgan fingerprint density at radius 3 is 2.50 bits per heavy atom. The van der Waals surface area contributed by atoms with Crippen LogP contribution in [-0.4, -0.2) is 18.3 Å². The van der Waals surface area contributed by atoms with Gasteiger partial charge in [0.1, 0.15) is 17.7 Å². The standard InChI is InChI=1S/C16H18FNO2/c17-14-3-1-2-13(10-14)16(11-18)20-15-6-4-12(5-7-15)8-9-19/h1-7,10,16,19H,8-9,11,18H2. The fourth-order valence-electron chi connectivity index (χ4n) is 1.99. The van der Waals surface area contributed by atoms with Crippen molar-refractivity contribution in [1.29, 1.82) is 0 Å². The highest BCUT2D eigenvalue weighted by molar-refractivity contribution is 5.29. The molecule has 0 heterocycles. The average Bonchev–Trinajstić information content (AvgIpc) is 2.47. The van der Waals surface area contributed by atoms with Crippen molar-refractivity contribution in [1.82, 2.24) is 0 Å². The Morgan fingerprint density at radius 2 is 1.90 bits per heavy atom. The second kappa shape index (κ2) is 7.03. The molecule has 2 rings (SSSR count). The number of aliphatic hydroxyl groups is 1. The van der Waals surface area contributed by atoms with Gasteiger partial charge >= 0.3 is 0 Å². The van der Waals surface area contributed by atoms with Gasteiger partial charge in [0, 0.05) is 13.2 Å². The monoisotopic (exact) mass is 275 g/mol. The number of nitrogens with two attached hydrogens (primary N) is 1. The van der Waals surface area contributed by atoms with Crippen LogP contribution >= 0.6 is 0 Å². The second-order valence-electron chi connectivity index (χ2n) is 4.51. The maximum atomic E-state index is 13.2. The molecule has 0 fully saturated rings. The van der Waals surface area contributed by atoms with E-state index in [1.165, 1.54) is 12.1 Å². The van der Waals surface area contributed by atoms with Gasteiger partial charge in [-0.1, -0.05) is 24.3 Å². The van der Waals surface area contributed by atoms with Crippen molar-refractivity contribution in [2.24, 2.45) is 5.73 Å². The third-order valence-electron chi connectivity index (χ3n) is 3.04. The molecule has 1 unspecified atom stereocenters. The molecule has 0 aliphatic heterocycles. The highest BCUT2D eigenvalue weighted by Crippen LogP contribution is 2.22. The molecule has 2 aromatic rings. The van der Waals surface area contributed by atoms with E-state index in [1.54, 1.807) is 12.1 Å². The minimum absolute atomic E-state index is 0.120. The van der Waals surface area contributed by atoms with E-state index in [2.05, 4.69) is 0 Å². The van der Waals surface area contributed by atoms with E-state index in [1.807, 2.05) is 24.3 Å². The molecule has 0 aliphatic carbocycles. The van der Waals surface area contributed by atoms with Gasteiger partial charge in [-0.25, -0.2) is 4.39 Å². The summed E-state index contributed by atoms with van der Waals surface area (Å²) < 4.78 is 19.0. The third kappa shape index (κ3) is 3.79. The van der Waals surface area contributed by atoms with Crippen LogP contribution in [0, 0.1) is 5.82 Å². The van der Waals surface area contributed by atoms with Crippen LogP contribution in [-0.2, 0) is 6.42 Å². The van der Waals surface area contributed by atoms with Crippen LogP contribution in [0.25, 0.3) is 0 Å². The van der Waals surface area contributed by atoms with Gasteiger partial charge in [-0.15, -0.1) is 0 Å². The molecule has 4 heteroatoms. The zero-order valence-electron chi connectivity index (χ0n) is 11.1. The lowest BCUT2D eigenvalue weighted by molar-refractivity contribution is 0.213. The zero-order chi connectivity index (χ0) is 14.4. The molecule has 3 N–H and O–H groups in total. The van der Waals surface area contributed by atoms with E-state index in [-0.39, 0.29) is 25.1 Å². The molecule has 0 amide bonds. The lowest BCUT2D eigenvalue weighted by atomic mass is 10.1. The molecule has 0 spiro atoms. The van der Waals surface area contributed by atoms with E-state index in [0.717, 1.165) is 5.56 Å². The van der Waals surface area contributed by atoms with Crippen molar-refractivity contribution >= 4 is 0 Å². The summed E-state index contributed by atoms with van der Waals surface area (Å²) in [5.41, 5.74) is 7.45. The Labute approximate surface area is 117 Å². The van der Waals surface area contributed by atoms with Gasteiger partial charge in [0.05, 0.1) is 0 Å². The first kappa shape index (κ1) is 14.5. The van der Waals surface area contributed by atoms with Gasteiger partial charge in [-0.3, -0.25) is 0 Å². The quantitative estimate of drug-likeness (QED) is 0.851. The molecule has 0 aliphatic rings. The fraction of sp³-hybridized carbons (Fsp3) is 0.250. The summed E-state index contributed by atoms with van der Waals surface area (Å²) in [7, 11) is 0. The van der Waals surface area contributed by atoms with E-state index in [9.17, 15) is 4.39 Å². The number of benzene rings is 2. The number of halogens is 1. The highest BCUT2D eigenvalue weighted by Gasteiger charge is 2.12. The van der Waals surface area contributed by atoms with Crippen LogP contribution in [0.5, 0.6) is 5.75 Å². The topological polar surface area (TPSA) is 55.5 Å². The Bertz CT molecular complexity index is 542. The summed E-state index contributed by atoms with van der Waals surface area (Å²) in [6.07, 6.45) is 0.235. The Balaban J connectivity index is 2.09. The summed E-state index contributed by atoms with van der Waals surface area (Å²) in [5.74, 6) is 0.370. The van der Waals surface area contributed by atoms with Crippen molar-refractivity contribution in [3.8, 4) is 5.75 Å². The molecule has 0 bridgehead atoms. The number of rotatable bonds is 6. The number of ether oxygens (including phenoxy) is 1. The van der Waals surface area contributed by atoms with Gasteiger partial charge in [0.2, 0.25) is 0 Å². The molecular formula is C16H18FNO2. The van der Waals surface area contributed by atoms with Crippen molar-refractivity contribution in [3.63, 3.8) is 0 Å². The average molecular weight is 275 g/mol. The van der Waals surface area contributed by atoms with Crippen molar-refractivity contribution < 1.29 is 14.2 Å². The summed E-state index contributed by atoms with van der Waals surface area (Å²) in [5, 5.41) is 8.86. The van der Waals surface area contributed by atoms with Crippen molar-refractivity contribution in [2.45, 2.75) is 12.5 Å². The Kier molecular flexibility index (Phi) is 5.09. The van der Waals surface area contributed by atoms with Crippen LogP contribution in [0.15, 0.2) is 48.5 Å². The Morgan fingerprint density at radius 1 is 1.15 bits per heavy atom. The zero-order valence-corrected chi connectivity index (χ0v) is 11.1. The van der Waals surface area contributed by atoms with Crippen LogP contribution in [0.4, 0.5) is 4.39 Å². The number of aliphatic hydroxyl groups excluding tert-OH is 1. The van der Waals surface area contributed by atoms with Gasteiger partial charge in [0.15, 0.2) is 0 Å². The predicted octanol–water partition coefficient (Wildman–Crippen LogP) is 2.44. The lowest BCUT2D eigenvalue weighted by Gasteiger charge is -2.18. The van der Waals surface area contributed by atoms with Crippen LogP contribution < -0.4 is 10.5 Å². The van der Waals surface area contributed by atoms with E-state index < -0.39 is 0 Å². The molecule has 0 radical (unpaired) electrons. The van der Waals surface area contributed by atoms with Crippen LogP contribution in [0.2, 0.25) is 0 Å². The minimum Gasteiger partial charge on any atom is -0.484 e. The first-order valence-electron chi connectivity index (χ1n) is 6.55. The number of hydrogen-bond donors (Lipinski definition) is 2. The molecule has 106 valence electrons. The SMILES string of the molecule is NCC(Oc1ccc(CCO)cc1)c1cccc(F)c1. The van der Waals surface area contributed by atoms with Gasteiger partial charge in [0.25, 0.3) is 0 Å². The molecule has 0 saturated heterocycles. The minimum atomic E-state index is -0.380. The van der Waals surface area contributed by atoms with E-state index in [4.69, 9.17) is 15.6 Å². The summed E-state index contributed by atoms with van der Waals surface area (Å²) >= 11 is 0. The molecule has 1 atom stereocenters. The molecule has 0 saturated carbocycles. The first-order chi connectivity index (χ1) is 9.72. The van der Waals surface area contributed by atoms with E-state index in [0.29, 0.717) is 17.7 Å². The van der Waals surface area contributed by atoms with E-state index >= 15 is 0 Å².